The van der Waals surface area contributed by atoms with Crippen LogP contribution in [0.3, 0.4) is 0 Å². The van der Waals surface area contributed by atoms with E-state index < -0.39 is 26.7 Å². The number of hydrogen-bond acceptors (Lipinski definition) is 4. The molecular formula is C18H23ClF3N3O3S. The van der Waals surface area contributed by atoms with E-state index in [-0.39, 0.29) is 24.0 Å². The van der Waals surface area contributed by atoms with E-state index in [1.807, 2.05) is 4.90 Å². The Morgan fingerprint density at radius 1 is 1.03 bits per heavy atom. The summed E-state index contributed by atoms with van der Waals surface area (Å²) in [5.41, 5.74) is -1.05. The van der Waals surface area contributed by atoms with E-state index in [2.05, 4.69) is 4.90 Å². The highest BCUT2D eigenvalue weighted by atomic mass is 35.5. The van der Waals surface area contributed by atoms with Crippen molar-refractivity contribution in [1.82, 2.24) is 14.1 Å². The van der Waals surface area contributed by atoms with Crippen LogP contribution >= 0.6 is 11.6 Å². The zero-order chi connectivity index (χ0) is 21.2. The molecule has 1 aromatic carbocycles. The smallest absolute Gasteiger partial charge is 0.343 e. The molecule has 0 N–H and O–H groups in total. The molecule has 0 radical (unpaired) electrons. The molecule has 2 saturated heterocycles. The maximum absolute atomic E-state index is 13.0. The Bertz CT molecular complexity index is 856. The van der Waals surface area contributed by atoms with Gasteiger partial charge in [0.25, 0.3) is 0 Å². The molecule has 2 heterocycles. The quantitative estimate of drug-likeness (QED) is 0.664. The molecule has 0 unspecified atom stereocenters. The van der Waals surface area contributed by atoms with Gasteiger partial charge in [0, 0.05) is 45.7 Å². The van der Waals surface area contributed by atoms with Crippen LogP contribution in [-0.4, -0.2) is 74.2 Å². The summed E-state index contributed by atoms with van der Waals surface area (Å²) in [7, 11) is -4.12. The van der Waals surface area contributed by atoms with Crippen molar-refractivity contribution in [1.29, 1.82) is 0 Å². The number of benzene rings is 1. The molecule has 1 amide bonds. The van der Waals surface area contributed by atoms with Gasteiger partial charge in [0.05, 0.1) is 10.6 Å². The van der Waals surface area contributed by atoms with Crippen molar-refractivity contribution in [3.8, 4) is 0 Å². The average molecular weight is 454 g/mol. The van der Waals surface area contributed by atoms with Gasteiger partial charge in [-0.05, 0) is 37.6 Å². The van der Waals surface area contributed by atoms with Crippen molar-refractivity contribution in [2.75, 3.05) is 45.8 Å². The summed E-state index contributed by atoms with van der Waals surface area (Å²) in [6, 6.07) is 2.33. The molecule has 0 bridgehead atoms. The van der Waals surface area contributed by atoms with Gasteiger partial charge in [-0.3, -0.25) is 4.79 Å². The van der Waals surface area contributed by atoms with Crippen LogP contribution in [0.1, 0.15) is 24.8 Å². The molecule has 2 fully saturated rings. The number of sulfonamides is 1. The minimum atomic E-state index is -4.65. The average Bonchev–Trinajstić information content (AvgIpc) is 3.06. The van der Waals surface area contributed by atoms with Gasteiger partial charge in [-0.2, -0.15) is 17.5 Å². The molecule has 6 nitrogen and oxygen atoms in total. The van der Waals surface area contributed by atoms with Gasteiger partial charge >= 0.3 is 6.18 Å². The van der Waals surface area contributed by atoms with Crippen molar-refractivity contribution in [2.45, 2.75) is 30.3 Å². The minimum Gasteiger partial charge on any atom is -0.343 e. The van der Waals surface area contributed by atoms with Crippen LogP contribution in [0.15, 0.2) is 23.1 Å². The number of carbonyl (C=O) groups excluding carboxylic acids is 1. The molecule has 0 saturated carbocycles. The van der Waals surface area contributed by atoms with E-state index in [9.17, 15) is 26.4 Å². The highest BCUT2D eigenvalue weighted by molar-refractivity contribution is 7.89. The number of likely N-dealkylation sites (tertiary alicyclic amines) is 1. The third kappa shape index (κ3) is 5.22. The number of hydrogen-bond donors (Lipinski definition) is 0. The van der Waals surface area contributed by atoms with Gasteiger partial charge in [-0.15, -0.1) is 0 Å². The summed E-state index contributed by atoms with van der Waals surface area (Å²) in [6.07, 6.45) is -2.34. The first kappa shape index (κ1) is 22.3. The molecule has 3 rings (SSSR count). The maximum Gasteiger partial charge on any atom is 0.416 e. The largest absolute Gasteiger partial charge is 0.416 e. The van der Waals surface area contributed by atoms with Gasteiger partial charge in [0.1, 0.15) is 4.90 Å². The second-order valence-electron chi connectivity index (χ2n) is 7.23. The fourth-order valence-electron chi connectivity index (χ4n) is 3.64. The number of amides is 1. The van der Waals surface area contributed by atoms with Crippen LogP contribution in [-0.2, 0) is 21.0 Å². The normalized spacial score (nSPS) is 19.9. The standard InChI is InChI=1S/C18H23ClF3N3O3S/c19-15-5-4-14(18(20,21)22)13-16(15)29(27,28)25-11-9-23(10-12-25)6-2-8-24-7-1-3-17(24)26/h4-5,13H,1-3,6-12H2. The van der Waals surface area contributed by atoms with Crippen molar-refractivity contribution >= 4 is 27.5 Å². The van der Waals surface area contributed by atoms with Crippen molar-refractivity contribution in [3.05, 3.63) is 28.8 Å². The van der Waals surface area contributed by atoms with E-state index in [4.69, 9.17) is 11.6 Å². The summed E-state index contributed by atoms with van der Waals surface area (Å²) in [5.74, 6) is 0.180. The third-order valence-corrected chi connectivity index (χ3v) is 7.66. The van der Waals surface area contributed by atoms with E-state index >= 15 is 0 Å². The Balaban J connectivity index is 1.58. The summed E-state index contributed by atoms with van der Waals surface area (Å²) < 4.78 is 65.7. The monoisotopic (exact) mass is 453 g/mol. The first-order chi connectivity index (χ1) is 13.6. The van der Waals surface area contributed by atoms with Crippen LogP contribution in [0, 0.1) is 0 Å². The third-order valence-electron chi connectivity index (χ3n) is 5.28. The fraction of sp³-hybridized carbons (Fsp3) is 0.611. The summed E-state index contributed by atoms with van der Waals surface area (Å²) in [5, 5.41) is -0.226. The molecule has 0 aliphatic carbocycles. The first-order valence-corrected chi connectivity index (χ1v) is 11.3. The predicted molar refractivity (Wildman–Crippen MR) is 102 cm³/mol. The zero-order valence-electron chi connectivity index (χ0n) is 15.8. The molecule has 162 valence electrons. The van der Waals surface area contributed by atoms with Crippen LogP contribution in [0.2, 0.25) is 5.02 Å². The van der Waals surface area contributed by atoms with Gasteiger partial charge in [-0.25, -0.2) is 8.42 Å². The Morgan fingerprint density at radius 3 is 2.31 bits per heavy atom. The number of alkyl halides is 3. The lowest BCUT2D eigenvalue weighted by Crippen LogP contribution is -2.49. The van der Waals surface area contributed by atoms with Crippen LogP contribution < -0.4 is 0 Å². The molecule has 0 spiro atoms. The Morgan fingerprint density at radius 2 is 1.72 bits per heavy atom. The number of rotatable bonds is 6. The lowest BCUT2D eigenvalue weighted by molar-refractivity contribution is -0.137. The lowest BCUT2D eigenvalue weighted by atomic mass is 10.2. The van der Waals surface area contributed by atoms with Crippen LogP contribution in [0.25, 0.3) is 0 Å². The molecule has 2 aliphatic heterocycles. The van der Waals surface area contributed by atoms with E-state index in [1.54, 1.807) is 0 Å². The molecular weight excluding hydrogens is 431 g/mol. The Kier molecular flexibility index (Phi) is 6.77. The highest BCUT2D eigenvalue weighted by Gasteiger charge is 2.35. The van der Waals surface area contributed by atoms with E-state index in [1.165, 1.54) is 4.31 Å². The van der Waals surface area contributed by atoms with E-state index in [0.717, 1.165) is 38.1 Å². The lowest BCUT2D eigenvalue weighted by Gasteiger charge is -2.34. The minimum absolute atomic E-state index is 0.178. The highest BCUT2D eigenvalue weighted by Crippen LogP contribution is 2.34. The van der Waals surface area contributed by atoms with Crippen LogP contribution in [0.4, 0.5) is 13.2 Å². The Labute approximate surface area is 173 Å². The van der Waals surface area contributed by atoms with Gasteiger partial charge in [0.15, 0.2) is 0 Å². The second-order valence-corrected chi connectivity index (χ2v) is 9.54. The molecule has 29 heavy (non-hydrogen) atoms. The molecule has 11 heteroatoms. The molecule has 2 aliphatic rings. The van der Waals surface area contributed by atoms with Gasteiger partial charge < -0.3 is 9.80 Å². The first-order valence-electron chi connectivity index (χ1n) is 9.46. The van der Waals surface area contributed by atoms with Crippen LogP contribution in [0.5, 0.6) is 0 Å². The van der Waals surface area contributed by atoms with Crippen molar-refractivity contribution in [2.24, 2.45) is 0 Å². The number of piperazine rings is 1. The maximum atomic E-state index is 13.0. The van der Waals surface area contributed by atoms with E-state index in [0.29, 0.717) is 32.1 Å². The SMILES string of the molecule is O=C1CCCN1CCCN1CCN(S(=O)(=O)c2cc(C(F)(F)F)ccc2Cl)CC1. The van der Waals surface area contributed by atoms with Gasteiger partial charge in [-0.1, -0.05) is 11.6 Å². The summed E-state index contributed by atoms with van der Waals surface area (Å²) in [6.45, 7) is 3.53. The van der Waals surface area contributed by atoms with Gasteiger partial charge in [0.2, 0.25) is 15.9 Å². The number of halogens is 4. The molecule has 1 aromatic rings. The predicted octanol–water partition coefficient (Wildman–Crippen LogP) is 2.68. The number of nitrogens with zero attached hydrogens (tertiary/aromatic N) is 3. The van der Waals surface area contributed by atoms with Crippen molar-refractivity contribution in [3.63, 3.8) is 0 Å². The molecule has 0 atom stereocenters. The summed E-state index contributed by atoms with van der Waals surface area (Å²) in [4.78, 5) is 15.0. The topological polar surface area (TPSA) is 60.9 Å². The molecule has 0 aromatic heterocycles. The van der Waals surface area contributed by atoms with Crippen molar-refractivity contribution < 1.29 is 26.4 Å². The number of carbonyl (C=O) groups is 1. The second kappa shape index (κ2) is 8.79. The zero-order valence-corrected chi connectivity index (χ0v) is 17.4. The summed E-state index contributed by atoms with van der Waals surface area (Å²) >= 11 is 5.91. The Hall–Kier alpha value is -1.36. The fourth-order valence-corrected chi connectivity index (χ4v) is 5.56.